The quantitative estimate of drug-likeness (QED) is 0.606. The van der Waals surface area contributed by atoms with Gasteiger partial charge >= 0.3 is 5.97 Å². The van der Waals surface area contributed by atoms with E-state index in [0.29, 0.717) is 0 Å². The van der Waals surface area contributed by atoms with Crippen molar-refractivity contribution in [2.75, 3.05) is 0 Å². The molecule has 0 spiro atoms. The highest BCUT2D eigenvalue weighted by Crippen LogP contribution is 2.49. The van der Waals surface area contributed by atoms with Crippen molar-refractivity contribution >= 4 is 24.5 Å². The summed E-state index contributed by atoms with van der Waals surface area (Å²) in [5.74, 6) is -0.455. The van der Waals surface area contributed by atoms with Crippen LogP contribution >= 0.6 is 7.92 Å². The van der Waals surface area contributed by atoms with Crippen LogP contribution in [0.3, 0.4) is 0 Å². The van der Waals surface area contributed by atoms with Crippen molar-refractivity contribution in [1.82, 2.24) is 0 Å². The first-order chi connectivity index (χ1) is 11.7. The molecule has 0 aliphatic heterocycles. The van der Waals surface area contributed by atoms with Crippen LogP contribution in [0.1, 0.15) is 13.8 Å². The number of carbonyl (C=O) groups is 1. The molecule has 2 aromatic rings. The normalized spacial score (nSPS) is 16.5. The molecule has 1 aliphatic carbocycles. The zero-order valence-corrected chi connectivity index (χ0v) is 14.8. The number of rotatable bonds is 5. The van der Waals surface area contributed by atoms with Gasteiger partial charge in [-0.05, 0) is 37.7 Å². The number of esters is 1. The summed E-state index contributed by atoms with van der Waals surface area (Å²) in [6.45, 7) is 3.77. The lowest BCUT2D eigenvalue weighted by atomic mass is 10.2. The van der Waals surface area contributed by atoms with E-state index in [9.17, 15) is 4.79 Å². The van der Waals surface area contributed by atoms with Crippen molar-refractivity contribution < 1.29 is 9.53 Å². The molecule has 0 heterocycles. The van der Waals surface area contributed by atoms with Crippen LogP contribution in [0.25, 0.3) is 0 Å². The minimum atomic E-state index is -0.751. The Bertz CT molecular complexity index is 708. The van der Waals surface area contributed by atoms with Crippen molar-refractivity contribution in [3.8, 4) is 0 Å². The predicted octanol–water partition coefficient (Wildman–Crippen LogP) is 4.14. The summed E-state index contributed by atoms with van der Waals surface area (Å²) in [5, 5.41) is 3.63. The lowest BCUT2D eigenvalue weighted by molar-refractivity contribution is -0.149. The van der Waals surface area contributed by atoms with Gasteiger partial charge in [-0.15, -0.1) is 0 Å². The molecule has 2 nitrogen and oxygen atoms in total. The molecule has 1 unspecified atom stereocenters. The Morgan fingerprint density at radius 3 is 2.00 bits per heavy atom. The monoisotopic (exact) mass is 336 g/mol. The van der Waals surface area contributed by atoms with Gasteiger partial charge in [0.2, 0.25) is 0 Å². The summed E-state index contributed by atoms with van der Waals surface area (Å²) < 4.78 is 5.47. The lowest BCUT2D eigenvalue weighted by Gasteiger charge is -2.24. The molecule has 0 saturated carbocycles. The smallest absolute Gasteiger partial charge is 0.317 e. The molecule has 122 valence electrons. The van der Waals surface area contributed by atoms with Crippen LogP contribution in [0.2, 0.25) is 0 Å². The SMILES string of the molecule is CC(C)OC(=O)C1C=CC=C1P(c1ccccc1)c1ccccc1. The average Bonchev–Trinajstić information content (AvgIpc) is 3.06. The predicted molar refractivity (Wildman–Crippen MR) is 101 cm³/mol. The number of hydrogen-bond donors (Lipinski definition) is 0. The van der Waals surface area contributed by atoms with E-state index in [1.165, 1.54) is 10.6 Å². The Kier molecular flexibility index (Phi) is 5.27. The Balaban J connectivity index is 1.99. The molecule has 0 amide bonds. The third-order valence-electron chi connectivity index (χ3n) is 3.78. The third kappa shape index (κ3) is 3.66. The second-order valence-electron chi connectivity index (χ2n) is 5.95. The molecule has 0 bridgehead atoms. The minimum Gasteiger partial charge on any atom is -0.462 e. The first-order valence-corrected chi connectivity index (χ1v) is 9.50. The number of benzene rings is 2. The van der Waals surface area contributed by atoms with Crippen LogP contribution in [0.4, 0.5) is 0 Å². The molecule has 0 fully saturated rings. The van der Waals surface area contributed by atoms with Gasteiger partial charge in [0.1, 0.15) is 5.92 Å². The highest BCUT2D eigenvalue weighted by Gasteiger charge is 2.31. The highest BCUT2D eigenvalue weighted by molar-refractivity contribution is 7.76. The highest BCUT2D eigenvalue weighted by atomic mass is 31.1. The molecule has 24 heavy (non-hydrogen) atoms. The topological polar surface area (TPSA) is 26.3 Å². The van der Waals surface area contributed by atoms with Crippen molar-refractivity contribution in [1.29, 1.82) is 0 Å². The van der Waals surface area contributed by atoms with Gasteiger partial charge < -0.3 is 4.74 Å². The molecule has 0 saturated heterocycles. The summed E-state index contributed by atoms with van der Waals surface area (Å²) in [5.41, 5.74) is 0. The Morgan fingerprint density at radius 2 is 1.50 bits per heavy atom. The van der Waals surface area contributed by atoms with Crippen LogP contribution in [0.5, 0.6) is 0 Å². The maximum absolute atomic E-state index is 12.5. The van der Waals surface area contributed by atoms with Crippen molar-refractivity contribution in [3.63, 3.8) is 0 Å². The van der Waals surface area contributed by atoms with E-state index in [0.717, 1.165) is 5.31 Å². The fourth-order valence-corrected chi connectivity index (χ4v) is 5.33. The first kappa shape index (κ1) is 16.7. The average molecular weight is 336 g/mol. The van der Waals surface area contributed by atoms with Crippen molar-refractivity contribution in [3.05, 3.63) is 84.2 Å². The maximum atomic E-state index is 12.5. The zero-order valence-electron chi connectivity index (χ0n) is 13.9. The van der Waals surface area contributed by atoms with E-state index in [1.54, 1.807) is 0 Å². The molecule has 3 heteroatoms. The van der Waals surface area contributed by atoms with Crippen LogP contribution < -0.4 is 10.6 Å². The summed E-state index contributed by atoms with van der Waals surface area (Å²) in [6.07, 6.45) is 5.90. The van der Waals surface area contributed by atoms with Crippen molar-refractivity contribution in [2.45, 2.75) is 20.0 Å². The fourth-order valence-electron chi connectivity index (χ4n) is 2.79. The summed E-state index contributed by atoms with van der Waals surface area (Å²) >= 11 is 0. The van der Waals surface area contributed by atoms with E-state index < -0.39 is 7.92 Å². The molecule has 2 aromatic carbocycles. The van der Waals surface area contributed by atoms with Gasteiger partial charge in [-0.2, -0.15) is 0 Å². The van der Waals surface area contributed by atoms with Crippen LogP contribution in [0.15, 0.2) is 84.2 Å². The second-order valence-corrected chi connectivity index (χ2v) is 8.17. The van der Waals surface area contributed by atoms with Crippen LogP contribution in [0, 0.1) is 5.92 Å². The summed E-state index contributed by atoms with van der Waals surface area (Å²) in [4.78, 5) is 12.5. The Morgan fingerprint density at radius 1 is 0.958 bits per heavy atom. The van der Waals surface area contributed by atoms with Gasteiger partial charge in [0.15, 0.2) is 0 Å². The van der Waals surface area contributed by atoms with E-state index in [1.807, 2.05) is 38.1 Å². The third-order valence-corrected chi connectivity index (χ3v) is 6.35. The molecular weight excluding hydrogens is 315 g/mol. The molecule has 1 aliphatic rings. The van der Waals surface area contributed by atoms with Gasteiger partial charge in [0.25, 0.3) is 0 Å². The standard InChI is InChI=1S/C21H21O2P/c1-16(2)23-21(22)19-14-9-15-20(19)24(17-10-5-3-6-11-17)18-12-7-4-8-13-18/h3-16,19H,1-2H3. The van der Waals surface area contributed by atoms with Gasteiger partial charge in [-0.1, -0.05) is 78.9 Å². The molecule has 0 aromatic heterocycles. The van der Waals surface area contributed by atoms with E-state index in [4.69, 9.17) is 4.74 Å². The van der Waals surface area contributed by atoms with Crippen LogP contribution in [-0.4, -0.2) is 12.1 Å². The summed E-state index contributed by atoms with van der Waals surface area (Å²) in [6, 6.07) is 20.8. The van der Waals surface area contributed by atoms with E-state index >= 15 is 0 Å². The van der Waals surface area contributed by atoms with Crippen LogP contribution in [-0.2, 0) is 9.53 Å². The van der Waals surface area contributed by atoms with Gasteiger partial charge in [-0.25, -0.2) is 0 Å². The maximum Gasteiger partial charge on any atom is 0.317 e. The van der Waals surface area contributed by atoms with E-state index in [-0.39, 0.29) is 18.0 Å². The Labute approximate surface area is 144 Å². The largest absolute Gasteiger partial charge is 0.462 e. The zero-order chi connectivity index (χ0) is 16.9. The number of ether oxygens (including phenoxy) is 1. The minimum absolute atomic E-state index is 0.104. The molecular formula is C21H21O2P. The van der Waals surface area contributed by atoms with Gasteiger partial charge in [0.05, 0.1) is 6.10 Å². The second kappa shape index (κ2) is 7.59. The lowest BCUT2D eigenvalue weighted by Crippen LogP contribution is -2.23. The molecule has 0 N–H and O–H groups in total. The fraction of sp³-hybridized carbons (Fsp3) is 0.190. The molecule has 0 radical (unpaired) electrons. The van der Waals surface area contributed by atoms with Gasteiger partial charge in [-0.3, -0.25) is 4.79 Å². The van der Waals surface area contributed by atoms with E-state index in [2.05, 4.69) is 54.6 Å². The Hall–Kier alpha value is -2.18. The summed E-state index contributed by atoms with van der Waals surface area (Å²) in [7, 11) is -0.751. The van der Waals surface area contributed by atoms with Gasteiger partial charge in [0, 0.05) is 0 Å². The number of allylic oxidation sites excluding steroid dienone is 2. The number of hydrogen-bond acceptors (Lipinski definition) is 2. The molecule has 1 atom stereocenters. The number of carbonyl (C=O) groups excluding carboxylic acids is 1. The molecule has 3 rings (SSSR count). The first-order valence-electron chi connectivity index (χ1n) is 8.16. The van der Waals surface area contributed by atoms with Crippen molar-refractivity contribution in [2.24, 2.45) is 5.92 Å².